The molecule has 0 radical (unpaired) electrons. The summed E-state index contributed by atoms with van der Waals surface area (Å²) in [7, 11) is 0. The van der Waals surface area contributed by atoms with Crippen LogP contribution in [-0.2, 0) is 11.3 Å². The fraction of sp³-hybridized carbons (Fsp3) is 0.333. The Morgan fingerprint density at radius 1 is 1.32 bits per heavy atom. The number of nitrogens with two attached hydrogens (primary N) is 1. The van der Waals surface area contributed by atoms with Gasteiger partial charge in [0.2, 0.25) is 5.91 Å². The third-order valence-corrected chi connectivity index (χ3v) is 3.92. The van der Waals surface area contributed by atoms with Crippen molar-refractivity contribution in [1.82, 2.24) is 9.55 Å². The Labute approximate surface area is 125 Å². The maximum Gasteiger partial charge on any atom is 0.217 e. The van der Waals surface area contributed by atoms with Crippen molar-refractivity contribution in [2.75, 3.05) is 0 Å². The lowest BCUT2D eigenvalue weighted by Gasteiger charge is -2.04. The molecule has 4 nitrogen and oxygen atoms in total. The van der Waals surface area contributed by atoms with Gasteiger partial charge < -0.3 is 15.3 Å². The highest BCUT2D eigenvalue weighted by molar-refractivity contribution is 7.71. The van der Waals surface area contributed by atoms with Gasteiger partial charge in [-0.3, -0.25) is 4.79 Å². The van der Waals surface area contributed by atoms with E-state index in [2.05, 4.69) is 4.98 Å². The smallest absolute Gasteiger partial charge is 0.217 e. The van der Waals surface area contributed by atoms with Crippen molar-refractivity contribution in [1.29, 1.82) is 0 Å². The molecular formula is C12H13Cl2N3OS. The van der Waals surface area contributed by atoms with E-state index in [1.165, 1.54) is 0 Å². The summed E-state index contributed by atoms with van der Waals surface area (Å²) in [6.45, 7) is 0.712. The number of primary amides is 1. The van der Waals surface area contributed by atoms with E-state index >= 15 is 0 Å². The number of halogens is 2. The Morgan fingerprint density at radius 3 is 2.68 bits per heavy atom. The summed E-state index contributed by atoms with van der Waals surface area (Å²) < 4.78 is 2.57. The topological polar surface area (TPSA) is 63.8 Å². The Hall–Kier alpha value is -1.04. The quantitative estimate of drug-likeness (QED) is 0.653. The Kier molecular flexibility index (Phi) is 4.50. The molecule has 2 aromatic rings. The summed E-state index contributed by atoms with van der Waals surface area (Å²) >= 11 is 17.3. The second-order valence-corrected chi connectivity index (χ2v) is 5.49. The number of aryl methyl sites for hydroxylation is 1. The molecule has 7 heteroatoms. The number of H-pyrrole nitrogens is 1. The number of carbonyl (C=O) groups excluding carboxylic acids is 1. The SMILES string of the molecule is NC(=O)CCCCn1c(=S)[nH]c2cc(Cl)c(Cl)cc21. The number of aromatic amines is 1. The molecule has 1 amide bonds. The van der Waals surface area contributed by atoms with Gasteiger partial charge in [0, 0.05) is 13.0 Å². The molecule has 0 fully saturated rings. The zero-order valence-electron chi connectivity index (χ0n) is 10.1. The van der Waals surface area contributed by atoms with Gasteiger partial charge in [-0.05, 0) is 37.2 Å². The zero-order chi connectivity index (χ0) is 14.0. The predicted molar refractivity (Wildman–Crippen MR) is 80.2 cm³/mol. The predicted octanol–water partition coefficient (Wildman–Crippen LogP) is 3.66. The maximum atomic E-state index is 10.7. The van der Waals surface area contributed by atoms with Crippen molar-refractivity contribution >= 4 is 52.4 Å². The first-order chi connectivity index (χ1) is 8.99. The van der Waals surface area contributed by atoms with Gasteiger partial charge in [0.1, 0.15) is 0 Å². The van der Waals surface area contributed by atoms with Crippen molar-refractivity contribution in [2.45, 2.75) is 25.8 Å². The highest BCUT2D eigenvalue weighted by Gasteiger charge is 2.08. The van der Waals surface area contributed by atoms with Gasteiger partial charge in [-0.25, -0.2) is 0 Å². The highest BCUT2D eigenvalue weighted by Crippen LogP contribution is 2.27. The fourth-order valence-electron chi connectivity index (χ4n) is 1.94. The number of hydrogen-bond acceptors (Lipinski definition) is 2. The fourth-order valence-corrected chi connectivity index (χ4v) is 2.56. The van der Waals surface area contributed by atoms with Crippen LogP contribution in [0, 0.1) is 4.77 Å². The molecule has 0 aliphatic carbocycles. The molecule has 0 atom stereocenters. The standard InChI is InChI=1S/C12H13Cl2N3OS/c13-7-5-9-10(6-8(7)14)17(12(19)16-9)4-2-1-3-11(15)18/h5-6H,1-4H2,(H2,15,18)(H,16,19). The van der Waals surface area contributed by atoms with Crippen molar-refractivity contribution in [3.63, 3.8) is 0 Å². The summed E-state index contributed by atoms with van der Waals surface area (Å²) in [5.74, 6) is -0.280. The lowest BCUT2D eigenvalue weighted by molar-refractivity contribution is -0.118. The Balaban J connectivity index is 2.23. The second-order valence-electron chi connectivity index (χ2n) is 4.29. The molecule has 0 aliphatic heterocycles. The molecule has 102 valence electrons. The van der Waals surface area contributed by atoms with Gasteiger partial charge >= 0.3 is 0 Å². The zero-order valence-corrected chi connectivity index (χ0v) is 12.4. The van der Waals surface area contributed by atoms with Crippen LogP contribution in [0.2, 0.25) is 10.0 Å². The average Bonchev–Trinajstić information content (AvgIpc) is 2.61. The number of nitrogens with one attached hydrogen (secondary N) is 1. The number of nitrogens with zero attached hydrogens (tertiary/aromatic N) is 1. The molecule has 0 spiro atoms. The molecule has 1 heterocycles. The van der Waals surface area contributed by atoms with Crippen LogP contribution in [0.4, 0.5) is 0 Å². The third kappa shape index (κ3) is 3.29. The number of rotatable bonds is 5. The molecule has 19 heavy (non-hydrogen) atoms. The van der Waals surface area contributed by atoms with Gasteiger partial charge in [-0.1, -0.05) is 23.2 Å². The number of hydrogen-bond donors (Lipinski definition) is 2. The molecule has 1 aromatic carbocycles. The van der Waals surface area contributed by atoms with E-state index in [1.807, 2.05) is 4.57 Å². The number of unbranched alkanes of at least 4 members (excludes halogenated alkanes) is 1. The monoisotopic (exact) mass is 317 g/mol. The van der Waals surface area contributed by atoms with Crippen LogP contribution < -0.4 is 5.73 Å². The van der Waals surface area contributed by atoms with E-state index in [0.29, 0.717) is 27.8 Å². The number of amides is 1. The molecule has 0 saturated heterocycles. The van der Waals surface area contributed by atoms with E-state index in [4.69, 9.17) is 41.2 Å². The minimum absolute atomic E-state index is 0.280. The lowest BCUT2D eigenvalue weighted by atomic mass is 10.2. The largest absolute Gasteiger partial charge is 0.370 e. The summed E-state index contributed by atoms with van der Waals surface area (Å²) in [5, 5.41) is 0.986. The van der Waals surface area contributed by atoms with Crippen LogP contribution in [-0.4, -0.2) is 15.5 Å². The maximum absolute atomic E-state index is 10.7. The number of fused-ring (bicyclic) bond motifs is 1. The number of carbonyl (C=O) groups is 1. The van der Waals surface area contributed by atoms with E-state index in [9.17, 15) is 4.79 Å². The molecule has 0 aliphatic rings. The summed E-state index contributed by atoms with van der Waals surface area (Å²) in [6, 6.07) is 3.55. The van der Waals surface area contributed by atoms with Gasteiger partial charge in [0.15, 0.2) is 4.77 Å². The van der Waals surface area contributed by atoms with Crippen molar-refractivity contribution in [3.8, 4) is 0 Å². The average molecular weight is 318 g/mol. The molecule has 0 unspecified atom stereocenters. The minimum atomic E-state index is -0.280. The normalized spacial score (nSPS) is 11.1. The van der Waals surface area contributed by atoms with E-state index in [0.717, 1.165) is 23.9 Å². The third-order valence-electron chi connectivity index (χ3n) is 2.87. The highest BCUT2D eigenvalue weighted by atomic mass is 35.5. The summed E-state index contributed by atoms with van der Waals surface area (Å²) in [5.41, 5.74) is 6.88. The van der Waals surface area contributed by atoms with Crippen molar-refractivity contribution in [2.24, 2.45) is 5.73 Å². The van der Waals surface area contributed by atoms with E-state index in [1.54, 1.807) is 12.1 Å². The summed E-state index contributed by atoms with van der Waals surface area (Å²) in [4.78, 5) is 13.8. The van der Waals surface area contributed by atoms with Crippen LogP contribution in [0.3, 0.4) is 0 Å². The van der Waals surface area contributed by atoms with Crippen LogP contribution >= 0.6 is 35.4 Å². The molecule has 0 bridgehead atoms. The Bertz CT molecular complexity index is 677. The van der Waals surface area contributed by atoms with Gasteiger partial charge in [0.25, 0.3) is 0 Å². The number of aromatic nitrogens is 2. The second kappa shape index (κ2) is 5.94. The minimum Gasteiger partial charge on any atom is -0.370 e. The van der Waals surface area contributed by atoms with Crippen LogP contribution in [0.15, 0.2) is 12.1 Å². The molecule has 0 saturated carbocycles. The van der Waals surface area contributed by atoms with E-state index in [-0.39, 0.29) is 5.91 Å². The number of imidazole rings is 1. The first-order valence-electron chi connectivity index (χ1n) is 5.85. The molecule has 1 aromatic heterocycles. The van der Waals surface area contributed by atoms with Gasteiger partial charge in [0.05, 0.1) is 21.1 Å². The van der Waals surface area contributed by atoms with E-state index < -0.39 is 0 Å². The molecule has 2 rings (SSSR count). The molecule has 3 N–H and O–H groups in total. The van der Waals surface area contributed by atoms with Crippen molar-refractivity contribution < 1.29 is 4.79 Å². The first kappa shape index (κ1) is 14.4. The first-order valence-corrected chi connectivity index (χ1v) is 7.01. The number of benzene rings is 1. The molecular weight excluding hydrogens is 305 g/mol. The van der Waals surface area contributed by atoms with Crippen LogP contribution in [0.1, 0.15) is 19.3 Å². The van der Waals surface area contributed by atoms with Gasteiger partial charge in [-0.15, -0.1) is 0 Å². The lowest BCUT2D eigenvalue weighted by Crippen LogP contribution is -2.10. The summed E-state index contributed by atoms with van der Waals surface area (Å²) in [6.07, 6.45) is 1.96. The van der Waals surface area contributed by atoms with Gasteiger partial charge in [-0.2, -0.15) is 0 Å². The Morgan fingerprint density at radius 2 is 2.00 bits per heavy atom. The van der Waals surface area contributed by atoms with Crippen LogP contribution in [0.25, 0.3) is 11.0 Å². The van der Waals surface area contributed by atoms with Crippen molar-refractivity contribution in [3.05, 3.63) is 26.9 Å². The van der Waals surface area contributed by atoms with Crippen LogP contribution in [0.5, 0.6) is 0 Å².